The van der Waals surface area contributed by atoms with E-state index in [0.717, 1.165) is 0 Å². The standard InChI is InChI=1S/C14H26N2O5/c1-6-21-14(4,5)9-15-12(20)16-10(17)7-13(2,3)8-11(18)19/h6-9H2,1-5H3,(H,18,19)(H2,15,16,17,20). The first-order valence-corrected chi connectivity index (χ1v) is 6.91. The summed E-state index contributed by atoms with van der Waals surface area (Å²) >= 11 is 0. The summed E-state index contributed by atoms with van der Waals surface area (Å²) in [4.78, 5) is 34.0. The molecule has 0 aliphatic carbocycles. The van der Waals surface area contributed by atoms with Crippen molar-refractivity contribution in [2.75, 3.05) is 13.2 Å². The zero-order valence-electron chi connectivity index (χ0n) is 13.4. The maximum Gasteiger partial charge on any atom is 0.321 e. The van der Waals surface area contributed by atoms with Crippen LogP contribution in [-0.4, -0.2) is 41.8 Å². The average molecular weight is 302 g/mol. The fourth-order valence-electron chi connectivity index (χ4n) is 1.86. The van der Waals surface area contributed by atoms with E-state index in [0.29, 0.717) is 6.61 Å². The summed E-state index contributed by atoms with van der Waals surface area (Å²) in [5.41, 5.74) is -1.22. The topological polar surface area (TPSA) is 105 Å². The first kappa shape index (κ1) is 19.4. The van der Waals surface area contributed by atoms with Crippen LogP contribution in [0, 0.1) is 5.41 Å². The third-order valence-electron chi connectivity index (χ3n) is 2.73. The van der Waals surface area contributed by atoms with E-state index in [4.69, 9.17) is 9.84 Å². The zero-order valence-corrected chi connectivity index (χ0v) is 13.4. The van der Waals surface area contributed by atoms with Gasteiger partial charge in [0.15, 0.2) is 0 Å². The molecule has 0 spiro atoms. The van der Waals surface area contributed by atoms with Crippen LogP contribution in [0.5, 0.6) is 0 Å². The van der Waals surface area contributed by atoms with E-state index >= 15 is 0 Å². The summed E-state index contributed by atoms with van der Waals surface area (Å²) < 4.78 is 5.42. The number of hydrogen-bond donors (Lipinski definition) is 3. The van der Waals surface area contributed by atoms with Crippen LogP contribution < -0.4 is 10.6 Å². The highest BCUT2D eigenvalue weighted by Crippen LogP contribution is 2.24. The lowest BCUT2D eigenvalue weighted by molar-refractivity contribution is -0.139. The van der Waals surface area contributed by atoms with Crippen LogP contribution >= 0.6 is 0 Å². The Balaban J connectivity index is 4.22. The SMILES string of the molecule is CCOC(C)(C)CNC(=O)NC(=O)CC(C)(C)CC(=O)O. The molecule has 21 heavy (non-hydrogen) atoms. The van der Waals surface area contributed by atoms with Crippen molar-refractivity contribution in [2.24, 2.45) is 5.41 Å². The van der Waals surface area contributed by atoms with E-state index in [-0.39, 0.29) is 19.4 Å². The molecule has 0 saturated heterocycles. The van der Waals surface area contributed by atoms with Crippen molar-refractivity contribution in [2.45, 2.75) is 53.1 Å². The molecule has 0 radical (unpaired) electrons. The monoisotopic (exact) mass is 302 g/mol. The molecular formula is C14H26N2O5. The average Bonchev–Trinajstić information content (AvgIpc) is 2.23. The van der Waals surface area contributed by atoms with Crippen LogP contribution in [0.2, 0.25) is 0 Å². The summed E-state index contributed by atoms with van der Waals surface area (Å²) in [6, 6.07) is -0.612. The molecule has 0 fully saturated rings. The molecule has 7 heteroatoms. The Kier molecular flexibility index (Phi) is 7.35. The van der Waals surface area contributed by atoms with Gasteiger partial charge in [0.05, 0.1) is 12.0 Å². The van der Waals surface area contributed by atoms with Crippen molar-refractivity contribution >= 4 is 17.9 Å². The maximum atomic E-state index is 11.7. The maximum absolute atomic E-state index is 11.7. The molecule has 0 aromatic heterocycles. The molecule has 0 unspecified atom stereocenters. The van der Waals surface area contributed by atoms with Crippen LogP contribution in [-0.2, 0) is 14.3 Å². The number of carbonyl (C=O) groups is 3. The Morgan fingerprint density at radius 3 is 2.14 bits per heavy atom. The van der Waals surface area contributed by atoms with E-state index < -0.39 is 28.9 Å². The van der Waals surface area contributed by atoms with E-state index in [9.17, 15) is 14.4 Å². The molecule has 0 rings (SSSR count). The first-order valence-electron chi connectivity index (χ1n) is 6.91. The van der Waals surface area contributed by atoms with E-state index in [1.54, 1.807) is 13.8 Å². The highest BCUT2D eigenvalue weighted by molar-refractivity contribution is 5.94. The van der Waals surface area contributed by atoms with Gasteiger partial charge in [-0.1, -0.05) is 13.8 Å². The van der Waals surface area contributed by atoms with Gasteiger partial charge in [-0.15, -0.1) is 0 Å². The summed E-state index contributed by atoms with van der Waals surface area (Å²) in [5.74, 6) is -1.48. The highest BCUT2D eigenvalue weighted by Gasteiger charge is 2.26. The largest absolute Gasteiger partial charge is 0.481 e. The van der Waals surface area contributed by atoms with Crippen molar-refractivity contribution in [3.63, 3.8) is 0 Å². The number of carboxylic acid groups (broad SMARTS) is 1. The van der Waals surface area contributed by atoms with Crippen LogP contribution in [0.4, 0.5) is 4.79 Å². The van der Waals surface area contributed by atoms with Gasteiger partial charge in [0, 0.05) is 19.6 Å². The Hall–Kier alpha value is -1.63. The molecule has 3 N–H and O–H groups in total. The molecule has 0 aromatic carbocycles. The molecule has 0 atom stereocenters. The number of imide groups is 1. The van der Waals surface area contributed by atoms with Crippen LogP contribution in [0.3, 0.4) is 0 Å². The van der Waals surface area contributed by atoms with Gasteiger partial charge >= 0.3 is 12.0 Å². The van der Waals surface area contributed by atoms with Crippen molar-refractivity contribution < 1.29 is 24.2 Å². The van der Waals surface area contributed by atoms with E-state index in [2.05, 4.69) is 10.6 Å². The lowest BCUT2D eigenvalue weighted by Crippen LogP contribution is -2.47. The second-order valence-corrected chi connectivity index (χ2v) is 6.34. The quantitative estimate of drug-likeness (QED) is 0.630. The van der Waals surface area contributed by atoms with E-state index in [1.165, 1.54) is 0 Å². The minimum Gasteiger partial charge on any atom is -0.481 e. The Labute approximate surface area is 125 Å². The Bertz CT molecular complexity index is 391. The Morgan fingerprint density at radius 1 is 1.10 bits per heavy atom. The van der Waals surface area contributed by atoms with Gasteiger partial charge < -0.3 is 15.2 Å². The number of amides is 3. The third-order valence-corrected chi connectivity index (χ3v) is 2.73. The summed E-state index contributed by atoms with van der Waals surface area (Å²) in [5, 5.41) is 13.5. The van der Waals surface area contributed by atoms with Gasteiger partial charge in [-0.2, -0.15) is 0 Å². The third kappa shape index (κ3) is 9.84. The molecule has 0 aliphatic heterocycles. The summed E-state index contributed by atoms with van der Waals surface area (Å²) in [6.45, 7) is 9.63. The van der Waals surface area contributed by atoms with Crippen molar-refractivity contribution in [1.82, 2.24) is 10.6 Å². The van der Waals surface area contributed by atoms with Crippen molar-refractivity contribution in [3.05, 3.63) is 0 Å². The van der Waals surface area contributed by atoms with Crippen molar-refractivity contribution in [3.8, 4) is 0 Å². The number of hydrogen-bond acceptors (Lipinski definition) is 4. The number of urea groups is 1. The lowest BCUT2D eigenvalue weighted by Gasteiger charge is -2.25. The van der Waals surface area contributed by atoms with Crippen LogP contribution in [0.15, 0.2) is 0 Å². The van der Waals surface area contributed by atoms with Gasteiger partial charge in [0.1, 0.15) is 0 Å². The predicted molar refractivity (Wildman–Crippen MR) is 77.9 cm³/mol. The minimum atomic E-state index is -0.976. The normalized spacial score (nSPS) is 11.9. The summed E-state index contributed by atoms with van der Waals surface area (Å²) in [7, 11) is 0. The highest BCUT2D eigenvalue weighted by atomic mass is 16.5. The van der Waals surface area contributed by atoms with Crippen LogP contribution in [0.1, 0.15) is 47.5 Å². The van der Waals surface area contributed by atoms with Gasteiger partial charge in [0.25, 0.3) is 0 Å². The smallest absolute Gasteiger partial charge is 0.321 e. The van der Waals surface area contributed by atoms with Crippen molar-refractivity contribution in [1.29, 1.82) is 0 Å². The zero-order chi connectivity index (χ0) is 16.7. The van der Waals surface area contributed by atoms with E-state index in [1.807, 2.05) is 20.8 Å². The molecule has 0 heterocycles. The van der Waals surface area contributed by atoms with Gasteiger partial charge in [-0.3, -0.25) is 14.9 Å². The number of aliphatic carboxylic acids is 1. The summed E-state index contributed by atoms with van der Waals surface area (Å²) in [6.07, 6.45) is -0.180. The minimum absolute atomic E-state index is 0.0401. The predicted octanol–water partition coefficient (Wildman–Crippen LogP) is 1.52. The molecule has 0 aliphatic rings. The number of nitrogens with one attached hydrogen (secondary N) is 2. The lowest BCUT2D eigenvalue weighted by atomic mass is 9.85. The molecule has 7 nitrogen and oxygen atoms in total. The molecule has 0 bridgehead atoms. The number of ether oxygens (including phenoxy) is 1. The molecule has 3 amide bonds. The molecule has 0 saturated carbocycles. The number of rotatable bonds is 8. The fraction of sp³-hybridized carbons (Fsp3) is 0.786. The van der Waals surface area contributed by atoms with Gasteiger partial charge in [-0.25, -0.2) is 4.79 Å². The molecular weight excluding hydrogens is 276 g/mol. The van der Waals surface area contributed by atoms with Gasteiger partial charge in [0.2, 0.25) is 5.91 Å². The van der Waals surface area contributed by atoms with Crippen LogP contribution in [0.25, 0.3) is 0 Å². The second-order valence-electron chi connectivity index (χ2n) is 6.34. The molecule has 122 valence electrons. The fourth-order valence-corrected chi connectivity index (χ4v) is 1.86. The second kappa shape index (κ2) is 7.97. The Morgan fingerprint density at radius 2 is 1.67 bits per heavy atom. The van der Waals surface area contributed by atoms with Gasteiger partial charge in [-0.05, 0) is 26.2 Å². The number of carboxylic acids is 1. The first-order chi connectivity index (χ1) is 9.47. The molecule has 0 aromatic rings. The number of carbonyl (C=O) groups excluding carboxylic acids is 2.